The van der Waals surface area contributed by atoms with E-state index in [1.54, 1.807) is 4.40 Å². The second-order valence-corrected chi connectivity index (χ2v) is 10.3. The lowest BCUT2D eigenvalue weighted by Gasteiger charge is -2.14. The zero-order valence-corrected chi connectivity index (χ0v) is 22.6. The van der Waals surface area contributed by atoms with Gasteiger partial charge < -0.3 is 14.8 Å². The summed E-state index contributed by atoms with van der Waals surface area (Å²) in [5.41, 5.74) is 4.11. The molecule has 2 heterocycles. The predicted molar refractivity (Wildman–Crippen MR) is 151 cm³/mol. The molecule has 0 spiro atoms. The number of nitrogens with zero attached hydrogens (tertiary/aromatic N) is 2. The predicted octanol–water partition coefficient (Wildman–Crippen LogP) is 4.79. The van der Waals surface area contributed by atoms with Crippen LogP contribution in [0.15, 0.2) is 65.5 Å². The Morgan fingerprint density at radius 1 is 1.14 bits per heavy atom. The van der Waals surface area contributed by atoms with Crippen LogP contribution in [0.2, 0.25) is 0 Å². The van der Waals surface area contributed by atoms with Crippen molar-refractivity contribution in [1.29, 1.82) is 0 Å². The molecule has 0 atom stereocenters. The number of imidazole rings is 1. The summed E-state index contributed by atoms with van der Waals surface area (Å²) >= 11 is 3.50. The number of hydrogen-bond donors (Lipinski definition) is 1. The van der Waals surface area contributed by atoms with E-state index in [1.165, 1.54) is 11.3 Å². The normalized spacial score (nSPS) is 11.8. The number of carbonyl (C=O) groups is 1. The molecule has 1 N–H and O–H groups in total. The number of ether oxygens (including phenoxy) is 2. The minimum atomic E-state index is -0.266. The summed E-state index contributed by atoms with van der Waals surface area (Å²) in [5.74, 6) is 0.735. The molecule has 2 aromatic heterocycles. The van der Waals surface area contributed by atoms with Crippen LogP contribution in [-0.4, -0.2) is 28.5 Å². The lowest BCUT2D eigenvalue weighted by Crippen LogP contribution is -2.22. The number of thiazole rings is 1. The summed E-state index contributed by atoms with van der Waals surface area (Å²) in [4.78, 5) is 30.8. The van der Waals surface area contributed by atoms with E-state index in [-0.39, 0.29) is 18.1 Å². The smallest absolute Gasteiger partial charge is 0.274 e. The molecule has 0 unspecified atom stereocenters. The van der Waals surface area contributed by atoms with Gasteiger partial charge in [0.25, 0.3) is 11.5 Å². The van der Waals surface area contributed by atoms with Crippen molar-refractivity contribution < 1.29 is 14.3 Å². The maximum Gasteiger partial charge on any atom is 0.274 e. The number of para-hydroxylation sites is 2. The second-order valence-electron chi connectivity index (χ2n) is 8.10. The van der Waals surface area contributed by atoms with Crippen molar-refractivity contribution in [3.63, 3.8) is 0 Å². The second kappa shape index (κ2) is 10.3. The van der Waals surface area contributed by atoms with Crippen LogP contribution in [0.1, 0.15) is 18.1 Å². The number of aromatic nitrogens is 2. The van der Waals surface area contributed by atoms with Gasteiger partial charge in [-0.05, 0) is 84.5 Å². The molecule has 0 aliphatic rings. The van der Waals surface area contributed by atoms with Crippen LogP contribution >= 0.6 is 33.9 Å². The first kappa shape index (κ1) is 24.3. The molecular formula is C27H22IN3O4S. The molecule has 7 nitrogen and oxygen atoms in total. The average Bonchev–Trinajstić information content (AvgIpc) is 3.36. The van der Waals surface area contributed by atoms with Gasteiger partial charge in [-0.1, -0.05) is 41.2 Å². The van der Waals surface area contributed by atoms with Gasteiger partial charge in [0, 0.05) is 5.69 Å². The van der Waals surface area contributed by atoms with E-state index < -0.39 is 0 Å². The number of halogens is 1. The van der Waals surface area contributed by atoms with Gasteiger partial charge in [0.1, 0.15) is 0 Å². The van der Waals surface area contributed by atoms with Crippen molar-refractivity contribution in [2.45, 2.75) is 13.8 Å². The number of aryl methyl sites for hydroxylation is 1. The van der Waals surface area contributed by atoms with E-state index in [9.17, 15) is 9.59 Å². The maximum atomic E-state index is 13.1. The van der Waals surface area contributed by atoms with E-state index in [4.69, 9.17) is 9.47 Å². The highest BCUT2D eigenvalue weighted by Gasteiger charge is 2.15. The number of carbonyl (C=O) groups excluding carboxylic acids is 1. The number of hydrogen-bond acceptors (Lipinski definition) is 6. The largest absolute Gasteiger partial charge is 0.490 e. The van der Waals surface area contributed by atoms with Crippen molar-refractivity contribution in [2.24, 2.45) is 0 Å². The van der Waals surface area contributed by atoms with Crippen LogP contribution in [0.3, 0.4) is 0 Å². The molecule has 3 aromatic carbocycles. The molecule has 0 bridgehead atoms. The van der Waals surface area contributed by atoms with Gasteiger partial charge in [-0.2, -0.15) is 0 Å². The number of rotatable bonds is 7. The van der Waals surface area contributed by atoms with E-state index in [2.05, 4.69) is 32.9 Å². The van der Waals surface area contributed by atoms with Crippen LogP contribution in [0.4, 0.5) is 5.69 Å². The van der Waals surface area contributed by atoms with Crippen LogP contribution < -0.4 is 24.9 Å². The Labute approximate surface area is 224 Å². The summed E-state index contributed by atoms with van der Waals surface area (Å²) in [6.45, 7) is 4.14. The summed E-state index contributed by atoms with van der Waals surface area (Å²) in [7, 11) is 0. The van der Waals surface area contributed by atoms with Crippen molar-refractivity contribution in [1.82, 2.24) is 9.38 Å². The van der Waals surface area contributed by atoms with E-state index in [1.807, 2.05) is 80.6 Å². The Kier molecular flexibility index (Phi) is 6.92. The lowest BCUT2D eigenvalue weighted by atomic mass is 10.2. The Hall–Kier alpha value is -3.44. The Bertz CT molecular complexity index is 1690. The number of amides is 1. The molecule has 36 heavy (non-hydrogen) atoms. The first-order chi connectivity index (χ1) is 17.4. The third kappa shape index (κ3) is 4.93. The molecule has 0 aliphatic heterocycles. The summed E-state index contributed by atoms with van der Waals surface area (Å²) in [6.07, 6.45) is 1.83. The van der Waals surface area contributed by atoms with Gasteiger partial charge in [0.2, 0.25) is 0 Å². The fourth-order valence-electron chi connectivity index (χ4n) is 3.81. The van der Waals surface area contributed by atoms with Gasteiger partial charge in [0.15, 0.2) is 23.1 Å². The van der Waals surface area contributed by atoms with Gasteiger partial charge >= 0.3 is 0 Å². The summed E-state index contributed by atoms with van der Waals surface area (Å²) in [5, 5.41) is 2.83. The Balaban J connectivity index is 1.42. The van der Waals surface area contributed by atoms with Gasteiger partial charge in [-0.3, -0.25) is 9.59 Å². The number of benzene rings is 3. The lowest BCUT2D eigenvalue weighted by molar-refractivity contribution is -0.118. The molecule has 1 amide bonds. The van der Waals surface area contributed by atoms with Crippen molar-refractivity contribution in [3.05, 3.63) is 90.2 Å². The molecule has 5 aromatic rings. The SMILES string of the molecule is CCOc1cc(/C=c2\sc3nc4ccccc4n3c2=O)cc(I)c1OCC(=O)Nc1ccc(C)cc1. The van der Waals surface area contributed by atoms with E-state index >= 15 is 0 Å². The molecule has 0 fully saturated rings. The Morgan fingerprint density at radius 3 is 2.69 bits per heavy atom. The van der Waals surface area contributed by atoms with Crippen molar-refractivity contribution in [2.75, 3.05) is 18.5 Å². The monoisotopic (exact) mass is 611 g/mol. The zero-order chi connectivity index (χ0) is 25.2. The van der Waals surface area contributed by atoms with Gasteiger partial charge in [-0.25, -0.2) is 9.38 Å². The highest BCUT2D eigenvalue weighted by Crippen LogP contribution is 2.34. The highest BCUT2D eigenvalue weighted by molar-refractivity contribution is 14.1. The van der Waals surface area contributed by atoms with Crippen molar-refractivity contribution >= 4 is 67.6 Å². The van der Waals surface area contributed by atoms with Gasteiger partial charge in [0.05, 0.1) is 25.7 Å². The number of anilines is 1. The molecule has 9 heteroatoms. The van der Waals surface area contributed by atoms with Crippen LogP contribution in [0.5, 0.6) is 11.5 Å². The zero-order valence-electron chi connectivity index (χ0n) is 19.6. The molecule has 5 rings (SSSR count). The van der Waals surface area contributed by atoms with Crippen LogP contribution in [0.25, 0.3) is 22.1 Å². The third-order valence-electron chi connectivity index (χ3n) is 5.46. The Morgan fingerprint density at radius 2 is 1.92 bits per heavy atom. The molecule has 0 saturated carbocycles. The molecule has 0 saturated heterocycles. The van der Waals surface area contributed by atoms with E-state index in [0.717, 1.165) is 25.7 Å². The van der Waals surface area contributed by atoms with Crippen molar-refractivity contribution in [3.8, 4) is 11.5 Å². The first-order valence-electron chi connectivity index (χ1n) is 11.3. The first-order valence-corrected chi connectivity index (χ1v) is 13.2. The molecular weight excluding hydrogens is 589 g/mol. The molecule has 0 aliphatic carbocycles. The number of nitrogens with one attached hydrogen (secondary N) is 1. The minimum absolute atomic E-state index is 0.107. The standard InChI is InChI=1S/C27H22IN3O4S/c1-3-34-22-13-17(14-23-26(33)31-21-7-5-4-6-20(21)30-27(31)36-23)12-19(28)25(22)35-15-24(32)29-18-10-8-16(2)9-11-18/h4-14H,3,15H2,1-2H3,(H,29,32)/b23-14-. The van der Waals surface area contributed by atoms with Gasteiger partial charge in [-0.15, -0.1) is 0 Å². The van der Waals surface area contributed by atoms with Crippen LogP contribution in [0, 0.1) is 10.5 Å². The maximum absolute atomic E-state index is 13.1. The summed E-state index contributed by atoms with van der Waals surface area (Å²) in [6, 6.07) is 18.9. The molecule has 0 radical (unpaired) electrons. The summed E-state index contributed by atoms with van der Waals surface area (Å²) < 4.78 is 14.7. The van der Waals surface area contributed by atoms with Crippen LogP contribution in [-0.2, 0) is 4.79 Å². The average molecular weight is 611 g/mol. The minimum Gasteiger partial charge on any atom is -0.490 e. The third-order valence-corrected chi connectivity index (χ3v) is 7.23. The topological polar surface area (TPSA) is 81.9 Å². The highest BCUT2D eigenvalue weighted by atomic mass is 127. The fourth-order valence-corrected chi connectivity index (χ4v) is 5.58. The fraction of sp³-hybridized carbons (Fsp3) is 0.148. The van der Waals surface area contributed by atoms with E-state index in [0.29, 0.717) is 33.3 Å². The molecule has 182 valence electrons. The quantitative estimate of drug-likeness (QED) is 0.268. The number of fused-ring (bicyclic) bond motifs is 3.